The summed E-state index contributed by atoms with van der Waals surface area (Å²) in [5.41, 5.74) is 7.78. The van der Waals surface area contributed by atoms with Crippen LogP contribution in [0.4, 0.5) is 5.13 Å². The number of amides is 2. The van der Waals surface area contributed by atoms with Crippen molar-refractivity contribution >= 4 is 28.3 Å². The predicted octanol–water partition coefficient (Wildman–Crippen LogP) is 1.34. The molecule has 2 aliphatic rings. The molecule has 1 fully saturated rings. The number of nitrogens with two attached hydrogens (primary N) is 1. The highest BCUT2D eigenvalue weighted by Gasteiger charge is 2.31. The zero-order chi connectivity index (χ0) is 20.2. The second kappa shape index (κ2) is 9.05. The molecule has 0 radical (unpaired) electrons. The van der Waals surface area contributed by atoms with Crippen LogP contribution >= 0.6 is 11.3 Å². The number of likely N-dealkylation sites (tertiary alicyclic amines) is 1. The van der Waals surface area contributed by atoms with E-state index in [-0.39, 0.29) is 17.7 Å². The van der Waals surface area contributed by atoms with Crippen molar-refractivity contribution in [1.82, 2.24) is 4.98 Å². The Kier molecular flexibility index (Phi) is 6.25. The minimum Gasteiger partial charge on any atom is -0.369 e. The molecule has 2 aromatic rings. The third kappa shape index (κ3) is 4.85. The standard InChI is InChI=1S/C22H28N4O2S/c23-21(28)17-9-6-12-25(14-17)15-20(27)26(13-16-7-2-1-3-8-16)22-24-18-10-4-5-11-19(18)29-22/h1-3,7-8,17H,4-6,9-15H2,(H2,23,28)/p+1/t17-/m0/s1. The highest BCUT2D eigenvalue weighted by molar-refractivity contribution is 7.15. The van der Waals surface area contributed by atoms with Gasteiger partial charge in [0.2, 0.25) is 5.91 Å². The molecule has 1 aliphatic carbocycles. The molecule has 0 spiro atoms. The van der Waals surface area contributed by atoms with Gasteiger partial charge < -0.3 is 10.6 Å². The summed E-state index contributed by atoms with van der Waals surface area (Å²) in [4.78, 5) is 34.1. The molecule has 4 rings (SSSR count). The Morgan fingerprint density at radius 2 is 1.97 bits per heavy atom. The summed E-state index contributed by atoms with van der Waals surface area (Å²) in [6.07, 6.45) is 6.22. The van der Waals surface area contributed by atoms with Gasteiger partial charge in [0.15, 0.2) is 11.7 Å². The smallest absolute Gasteiger partial charge is 0.284 e. The van der Waals surface area contributed by atoms with Gasteiger partial charge in [0.25, 0.3) is 5.91 Å². The highest BCUT2D eigenvalue weighted by atomic mass is 32.1. The zero-order valence-electron chi connectivity index (χ0n) is 16.7. The van der Waals surface area contributed by atoms with Crippen molar-refractivity contribution in [2.24, 2.45) is 11.7 Å². The molecular weight excluding hydrogens is 384 g/mol. The van der Waals surface area contributed by atoms with Crippen LogP contribution in [0.5, 0.6) is 0 Å². The number of quaternary nitrogens is 1. The van der Waals surface area contributed by atoms with E-state index in [0.717, 1.165) is 47.8 Å². The minimum absolute atomic E-state index is 0.0695. The van der Waals surface area contributed by atoms with Crippen LogP contribution in [0, 0.1) is 5.92 Å². The van der Waals surface area contributed by atoms with Crippen LogP contribution in [0.2, 0.25) is 0 Å². The largest absolute Gasteiger partial charge is 0.369 e. The summed E-state index contributed by atoms with van der Waals surface area (Å²) in [6, 6.07) is 10.1. The van der Waals surface area contributed by atoms with E-state index >= 15 is 0 Å². The fraction of sp³-hybridized carbons (Fsp3) is 0.500. The maximum Gasteiger partial charge on any atom is 0.284 e. The van der Waals surface area contributed by atoms with Crippen LogP contribution in [0.25, 0.3) is 0 Å². The molecule has 7 heteroatoms. The van der Waals surface area contributed by atoms with Crippen molar-refractivity contribution < 1.29 is 14.5 Å². The number of fused-ring (bicyclic) bond motifs is 1. The number of piperidine rings is 1. The van der Waals surface area contributed by atoms with Gasteiger partial charge in [0, 0.05) is 4.88 Å². The number of thiazole rings is 1. The molecular formula is C22H29N4O2S+. The SMILES string of the molecule is NC(=O)[C@H]1CCC[NH+](CC(=O)N(Cc2ccccc2)c2nc3c(s2)CCCC3)C1. The van der Waals surface area contributed by atoms with Crippen molar-refractivity contribution in [3.8, 4) is 0 Å². The molecule has 1 unspecified atom stereocenters. The van der Waals surface area contributed by atoms with E-state index in [1.165, 1.54) is 23.4 Å². The van der Waals surface area contributed by atoms with Crippen molar-refractivity contribution in [3.63, 3.8) is 0 Å². The molecule has 154 valence electrons. The van der Waals surface area contributed by atoms with E-state index < -0.39 is 0 Å². The van der Waals surface area contributed by atoms with Crippen LogP contribution in [-0.4, -0.2) is 36.4 Å². The number of aryl methyl sites for hydroxylation is 2. The first kappa shape index (κ1) is 20.0. The van der Waals surface area contributed by atoms with Gasteiger partial charge in [-0.2, -0.15) is 0 Å². The normalized spacial score (nSPS) is 21.4. The third-order valence-corrected chi connectivity index (χ3v) is 7.15. The van der Waals surface area contributed by atoms with Gasteiger partial charge >= 0.3 is 0 Å². The van der Waals surface area contributed by atoms with Gasteiger partial charge in [0.1, 0.15) is 0 Å². The van der Waals surface area contributed by atoms with Crippen molar-refractivity contribution in [2.75, 3.05) is 24.5 Å². The molecule has 1 aliphatic heterocycles. The Hall–Kier alpha value is -2.25. The van der Waals surface area contributed by atoms with Crippen molar-refractivity contribution in [3.05, 3.63) is 46.5 Å². The molecule has 2 atom stereocenters. The Morgan fingerprint density at radius 1 is 1.17 bits per heavy atom. The number of nitrogens with one attached hydrogen (secondary N) is 1. The molecule has 29 heavy (non-hydrogen) atoms. The fourth-order valence-corrected chi connectivity index (χ4v) is 5.51. The molecule has 0 bridgehead atoms. The first-order valence-electron chi connectivity index (χ1n) is 10.6. The van der Waals surface area contributed by atoms with Gasteiger partial charge in [-0.15, -0.1) is 11.3 Å². The minimum atomic E-state index is -0.247. The van der Waals surface area contributed by atoms with E-state index in [1.54, 1.807) is 11.3 Å². The maximum atomic E-state index is 13.4. The van der Waals surface area contributed by atoms with E-state index in [2.05, 4.69) is 0 Å². The van der Waals surface area contributed by atoms with Gasteiger partial charge in [0.05, 0.1) is 31.2 Å². The molecule has 1 aromatic heterocycles. The predicted molar refractivity (Wildman–Crippen MR) is 114 cm³/mol. The number of primary amides is 1. The third-order valence-electron chi connectivity index (χ3n) is 5.97. The number of carbonyl (C=O) groups is 2. The fourth-order valence-electron chi connectivity index (χ4n) is 4.35. The summed E-state index contributed by atoms with van der Waals surface area (Å²) in [5.74, 6) is -0.301. The van der Waals surface area contributed by atoms with Crippen LogP contribution in [0.1, 0.15) is 41.8 Å². The monoisotopic (exact) mass is 413 g/mol. The highest BCUT2D eigenvalue weighted by Crippen LogP contribution is 2.32. The first-order valence-corrected chi connectivity index (χ1v) is 11.4. The number of hydrogen-bond acceptors (Lipinski definition) is 4. The first-order chi connectivity index (χ1) is 14.1. The van der Waals surface area contributed by atoms with E-state index in [4.69, 9.17) is 10.7 Å². The van der Waals surface area contributed by atoms with E-state index in [0.29, 0.717) is 19.6 Å². The zero-order valence-corrected chi connectivity index (χ0v) is 17.5. The summed E-state index contributed by atoms with van der Waals surface area (Å²) in [7, 11) is 0. The Morgan fingerprint density at radius 3 is 2.72 bits per heavy atom. The van der Waals surface area contributed by atoms with Gasteiger partial charge in [-0.1, -0.05) is 30.3 Å². The molecule has 2 heterocycles. The average molecular weight is 414 g/mol. The lowest BCUT2D eigenvalue weighted by molar-refractivity contribution is -0.899. The van der Waals surface area contributed by atoms with Gasteiger partial charge in [-0.25, -0.2) is 4.98 Å². The van der Waals surface area contributed by atoms with Crippen LogP contribution in [0.3, 0.4) is 0 Å². The van der Waals surface area contributed by atoms with E-state index in [9.17, 15) is 9.59 Å². The summed E-state index contributed by atoms with van der Waals surface area (Å²) >= 11 is 1.67. The average Bonchev–Trinajstić information content (AvgIpc) is 3.16. The van der Waals surface area contributed by atoms with Crippen molar-refractivity contribution in [2.45, 2.75) is 45.1 Å². The molecule has 3 N–H and O–H groups in total. The summed E-state index contributed by atoms with van der Waals surface area (Å²) in [5, 5.41) is 0.814. The number of carbonyl (C=O) groups excluding carboxylic acids is 2. The maximum absolute atomic E-state index is 13.4. The lowest BCUT2D eigenvalue weighted by atomic mass is 9.97. The van der Waals surface area contributed by atoms with Crippen LogP contribution in [-0.2, 0) is 29.0 Å². The number of rotatable bonds is 6. The number of benzene rings is 1. The lowest BCUT2D eigenvalue weighted by Gasteiger charge is -2.29. The van der Waals surface area contributed by atoms with Crippen LogP contribution in [0.15, 0.2) is 30.3 Å². The lowest BCUT2D eigenvalue weighted by Crippen LogP contribution is -3.15. The number of anilines is 1. The van der Waals surface area contributed by atoms with Gasteiger partial charge in [-0.3, -0.25) is 14.5 Å². The quantitative estimate of drug-likeness (QED) is 0.750. The molecule has 1 aromatic carbocycles. The Balaban J connectivity index is 1.53. The Labute approximate surface area is 175 Å². The molecule has 1 saturated heterocycles. The topological polar surface area (TPSA) is 80.7 Å². The number of aromatic nitrogens is 1. The number of nitrogens with zero attached hydrogens (tertiary/aromatic N) is 2. The molecule has 6 nitrogen and oxygen atoms in total. The molecule has 2 amide bonds. The summed E-state index contributed by atoms with van der Waals surface area (Å²) in [6.45, 7) is 2.46. The number of hydrogen-bond donors (Lipinski definition) is 2. The second-order valence-electron chi connectivity index (χ2n) is 8.16. The van der Waals surface area contributed by atoms with Gasteiger partial charge in [-0.05, 0) is 44.1 Å². The Bertz CT molecular complexity index is 843. The molecule has 0 saturated carbocycles. The second-order valence-corrected chi connectivity index (χ2v) is 9.22. The van der Waals surface area contributed by atoms with Crippen LogP contribution < -0.4 is 15.5 Å². The van der Waals surface area contributed by atoms with Crippen molar-refractivity contribution in [1.29, 1.82) is 0 Å². The summed E-state index contributed by atoms with van der Waals surface area (Å²) < 4.78 is 0. The van der Waals surface area contributed by atoms with E-state index in [1.807, 2.05) is 35.2 Å².